The fourth-order valence-corrected chi connectivity index (χ4v) is 3.61. The zero-order valence-electron chi connectivity index (χ0n) is 14.8. The van der Waals surface area contributed by atoms with Crippen molar-refractivity contribution in [1.29, 1.82) is 0 Å². The lowest BCUT2D eigenvalue weighted by Gasteiger charge is -2.17. The Morgan fingerprint density at radius 1 is 1.27 bits per heavy atom. The molecule has 134 valence electrons. The second-order valence-corrected chi connectivity index (χ2v) is 6.56. The quantitative estimate of drug-likeness (QED) is 0.757. The van der Waals surface area contributed by atoms with E-state index in [0.717, 1.165) is 47.7 Å². The van der Waals surface area contributed by atoms with Gasteiger partial charge in [-0.05, 0) is 43.4 Å². The summed E-state index contributed by atoms with van der Waals surface area (Å²) in [6.45, 7) is 0. The average Bonchev–Trinajstić information content (AvgIpc) is 3.03. The number of hydrogen-bond acceptors (Lipinski definition) is 4. The first-order chi connectivity index (χ1) is 12.6. The maximum absolute atomic E-state index is 12.5. The summed E-state index contributed by atoms with van der Waals surface area (Å²) in [5.41, 5.74) is 3.73. The minimum absolute atomic E-state index is 0.0235. The van der Waals surface area contributed by atoms with Gasteiger partial charge in [-0.3, -0.25) is 14.3 Å². The second kappa shape index (κ2) is 6.33. The maximum Gasteiger partial charge on any atom is 0.262 e. The van der Waals surface area contributed by atoms with Crippen molar-refractivity contribution in [3.8, 4) is 5.88 Å². The van der Waals surface area contributed by atoms with Crippen LogP contribution in [0.4, 0.5) is 5.69 Å². The number of H-pyrrole nitrogens is 1. The normalized spacial score (nSPS) is 13.5. The Labute approximate surface area is 150 Å². The predicted octanol–water partition coefficient (Wildman–Crippen LogP) is 2.40. The first-order valence-corrected chi connectivity index (χ1v) is 8.63. The van der Waals surface area contributed by atoms with Gasteiger partial charge in [0.15, 0.2) is 0 Å². The fraction of sp³-hybridized carbons (Fsp3) is 0.316. The molecule has 0 atom stereocenters. The van der Waals surface area contributed by atoms with Crippen LogP contribution in [0.25, 0.3) is 10.9 Å². The van der Waals surface area contributed by atoms with Gasteiger partial charge in [0.25, 0.3) is 11.5 Å². The van der Waals surface area contributed by atoms with E-state index in [-0.39, 0.29) is 17.3 Å². The first kappa shape index (κ1) is 16.4. The number of aryl methyl sites for hydroxylation is 2. The number of carbonyl (C=O) groups is 1. The van der Waals surface area contributed by atoms with Gasteiger partial charge in [-0.2, -0.15) is 0 Å². The van der Waals surface area contributed by atoms with Gasteiger partial charge in [-0.25, -0.2) is 0 Å². The number of aromatic amines is 1. The lowest BCUT2D eigenvalue weighted by molar-refractivity contribution is 0.102. The summed E-state index contributed by atoms with van der Waals surface area (Å²) >= 11 is 0. The molecule has 3 aromatic rings. The van der Waals surface area contributed by atoms with Crippen molar-refractivity contribution in [1.82, 2.24) is 14.8 Å². The van der Waals surface area contributed by atoms with Crippen molar-refractivity contribution in [2.75, 3.05) is 12.4 Å². The van der Waals surface area contributed by atoms with E-state index in [1.54, 1.807) is 19.3 Å². The molecule has 1 aliphatic rings. The van der Waals surface area contributed by atoms with E-state index in [4.69, 9.17) is 4.74 Å². The highest BCUT2D eigenvalue weighted by Crippen LogP contribution is 2.27. The molecular formula is C19H20N4O3. The molecule has 2 N–H and O–H groups in total. The Morgan fingerprint density at radius 3 is 2.81 bits per heavy atom. The molecule has 1 aliphatic carbocycles. The number of fused-ring (bicyclic) bond motifs is 3. The van der Waals surface area contributed by atoms with Gasteiger partial charge in [-0.15, -0.1) is 5.10 Å². The second-order valence-electron chi connectivity index (χ2n) is 6.56. The number of nitrogens with one attached hydrogen (secondary N) is 2. The first-order valence-electron chi connectivity index (χ1n) is 8.63. The molecule has 1 amide bonds. The lowest BCUT2D eigenvalue weighted by atomic mass is 9.90. The highest BCUT2D eigenvalue weighted by atomic mass is 16.5. The van der Waals surface area contributed by atoms with E-state index in [9.17, 15) is 9.59 Å². The van der Waals surface area contributed by atoms with Crippen LogP contribution in [0.1, 0.15) is 34.3 Å². The molecule has 4 rings (SSSR count). The van der Waals surface area contributed by atoms with Crippen molar-refractivity contribution in [2.45, 2.75) is 25.7 Å². The SMILES string of the molecule is COc1nn(C)cc1C(=O)Nc1ccc2c3c(c(=O)[nH]c2c1)CCCC3. The number of anilines is 1. The van der Waals surface area contributed by atoms with E-state index >= 15 is 0 Å². The highest BCUT2D eigenvalue weighted by Gasteiger charge is 2.18. The average molecular weight is 352 g/mol. The van der Waals surface area contributed by atoms with Crippen molar-refractivity contribution in [3.63, 3.8) is 0 Å². The number of pyridine rings is 1. The summed E-state index contributed by atoms with van der Waals surface area (Å²) in [5.74, 6) is -0.0390. The molecule has 0 bridgehead atoms. The molecular weight excluding hydrogens is 332 g/mol. The Bertz CT molecular complexity index is 1060. The molecule has 0 saturated heterocycles. The Morgan fingerprint density at radius 2 is 2.04 bits per heavy atom. The highest BCUT2D eigenvalue weighted by molar-refractivity contribution is 6.06. The fourth-order valence-electron chi connectivity index (χ4n) is 3.61. The molecule has 7 heteroatoms. The maximum atomic E-state index is 12.5. The molecule has 0 radical (unpaired) electrons. The third-order valence-electron chi connectivity index (χ3n) is 4.83. The topological polar surface area (TPSA) is 89.0 Å². The molecule has 0 fully saturated rings. The largest absolute Gasteiger partial charge is 0.479 e. The van der Waals surface area contributed by atoms with Crippen molar-refractivity contribution in [3.05, 3.63) is 51.4 Å². The minimum atomic E-state index is -0.311. The van der Waals surface area contributed by atoms with E-state index in [1.165, 1.54) is 11.8 Å². The Balaban J connectivity index is 1.69. The zero-order valence-corrected chi connectivity index (χ0v) is 14.8. The number of amides is 1. The molecule has 2 heterocycles. The van der Waals surface area contributed by atoms with Crippen LogP contribution in [-0.4, -0.2) is 27.8 Å². The summed E-state index contributed by atoms with van der Waals surface area (Å²) in [5, 5.41) is 7.98. The number of ether oxygens (including phenoxy) is 1. The van der Waals surface area contributed by atoms with Crippen LogP contribution in [0.2, 0.25) is 0 Å². The summed E-state index contributed by atoms with van der Waals surface area (Å²) < 4.78 is 6.66. The monoisotopic (exact) mass is 352 g/mol. The molecule has 7 nitrogen and oxygen atoms in total. The van der Waals surface area contributed by atoms with Crippen LogP contribution in [0.15, 0.2) is 29.2 Å². The smallest absolute Gasteiger partial charge is 0.262 e. The van der Waals surface area contributed by atoms with Gasteiger partial charge < -0.3 is 15.0 Å². The van der Waals surface area contributed by atoms with Crippen LogP contribution < -0.4 is 15.6 Å². The van der Waals surface area contributed by atoms with Crippen LogP contribution >= 0.6 is 0 Å². The number of aromatic nitrogens is 3. The Hall–Kier alpha value is -3.09. The van der Waals surface area contributed by atoms with Crippen LogP contribution in [0.3, 0.4) is 0 Å². The Kier molecular flexibility index (Phi) is 3.99. The molecule has 2 aromatic heterocycles. The van der Waals surface area contributed by atoms with Gasteiger partial charge >= 0.3 is 0 Å². The summed E-state index contributed by atoms with van der Waals surface area (Å²) in [4.78, 5) is 27.8. The van der Waals surface area contributed by atoms with Crippen LogP contribution in [0.5, 0.6) is 5.88 Å². The molecule has 0 aliphatic heterocycles. The third kappa shape index (κ3) is 2.75. The van der Waals surface area contributed by atoms with E-state index in [0.29, 0.717) is 11.3 Å². The minimum Gasteiger partial charge on any atom is -0.479 e. The van der Waals surface area contributed by atoms with Gasteiger partial charge in [0.2, 0.25) is 5.88 Å². The van der Waals surface area contributed by atoms with Gasteiger partial charge in [0.1, 0.15) is 5.56 Å². The summed E-state index contributed by atoms with van der Waals surface area (Å²) in [6.07, 6.45) is 5.52. The van der Waals surface area contributed by atoms with E-state index in [1.807, 2.05) is 12.1 Å². The lowest BCUT2D eigenvalue weighted by Crippen LogP contribution is -2.19. The molecule has 0 saturated carbocycles. The van der Waals surface area contributed by atoms with Crippen LogP contribution in [-0.2, 0) is 19.9 Å². The molecule has 26 heavy (non-hydrogen) atoms. The van der Waals surface area contributed by atoms with Gasteiger partial charge in [0.05, 0.1) is 12.6 Å². The third-order valence-corrected chi connectivity index (χ3v) is 4.83. The van der Waals surface area contributed by atoms with E-state index < -0.39 is 0 Å². The van der Waals surface area contributed by atoms with Crippen molar-refractivity contribution >= 4 is 22.5 Å². The van der Waals surface area contributed by atoms with Crippen LogP contribution in [0, 0.1) is 0 Å². The summed E-state index contributed by atoms with van der Waals surface area (Å²) in [6, 6.07) is 5.62. The number of hydrogen-bond donors (Lipinski definition) is 2. The predicted molar refractivity (Wildman–Crippen MR) is 98.9 cm³/mol. The number of nitrogens with zero attached hydrogens (tertiary/aromatic N) is 2. The number of rotatable bonds is 3. The zero-order chi connectivity index (χ0) is 18.3. The van der Waals surface area contributed by atoms with Gasteiger partial charge in [-0.1, -0.05) is 6.07 Å². The standard InChI is InChI=1S/C19H20N4O3/c1-23-10-15(19(22-23)26-2)18(25)20-11-7-8-13-12-5-3-4-6-14(12)17(24)21-16(13)9-11/h7-10H,3-6H2,1-2H3,(H,20,25)(H,21,24). The van der Waals surface area contributed by atoms with Gasteiger partial charge in [0, 0.05) is 29.9 Å². The van der Waals surface area contributed by atoms with Crippen molar-refractivity contribution < 1.29 is 9.53 Å². The number of carbonyl (C=O) groups excluding carboxylic acids is 1. The summed E-state index contributed by atoms with van der Waals surface area (Å²) in [7, 11) is 3.20. The number of methoxy groups -OCH3 is 1. The number of benzene rings is 1. The van der Waals surface area contributed by atoms with Crippen molar-refractivity contribution in [2.24, 2.45) is 7.05 Å². The molecule has 1 aromatic carbocycles. The molecule has 0 spiro atoms. The van der Waals surface area contributed by atoms with E-state index in [2.05, 4.69) is 15.4 Å². The molecule has 0 unspecified atom stereocenters.